The van der Waals surface area contributed by atoms with Gasteiger partial charge in [0.2, 0.25) is 10.0 Å². The molecule has 0 aliphatic heterocycles. The Hall–Kier alpha value is -3.02. The fourth-order valence-electron chi connectivity index (χ4n) is 5.99. The minimum atomic E-state index is -4.01. The Bertz CT molecular complexity index is 1680. The van der Waals surface area contributed by atoms with E-state index in [1.807, 2.05) is 30.5 Å². The number of sulfonamides is 1. The van der Waals surface area contributed by atoms with Crippen LogP contribution < -0.4 is 19.5 Å². The number of pyridine rings is 1. The van der Waals surface area contributed by atoms with Crippen LogP contribution >= 0.6 is 12.2 Å². The van der Waals surface area contributed by atoms with Gasteiger partial charge in [0, 0.05) is 59.8 Å². The monoisotopic (exact) mass is 640 g/mol. The van der Waals surface area contributed by atoms with Crippen LogP contribution in [0, 0.1) is 5.92 Å². The molecule has 2 saturated carbocycles. The average molecular weight is 641 g/mol. The van der Waals surface area contributed by atoms with E-state index in [4.69, 9.17) is 26.7 Å². The number of hydrogen-bond acceptors (Lipinski definition) is 6. The van der Waals surface area contributed by atoms with Crippen molar-refractivity contribution in [1.29, 1.82) is 0 Å². The quantitative estimate of drug-likeness (QED) is 0.236. The van der Waals surface area contributed by atoms with E-state index >= 15 is 0 Å². The minimum Gasteiger partial charge on any atom is -0.497 e. The molecular formula is C33H41FN4O4S2. The van der Waals surface area contributed by atoms with Gasteiger partial charge in [-0.2, -0.15) is 0 Å². The highest BCUT2D eigenvalue weighted by atomic mass is 32.2. The number of hydrogen-bond donors (Lipinski definition) is 2. The normalized spacial score (nSPS) is 18.2. The third-order valence-corrected chi connectivity index (χ3v) is 10.6. The molecule has 0 radical (unpaired) electrons. The molecule has 1 atom stereocenters. The van der Waals surface area contributed by atoms with E-state index in [1.165, 1.54) is 26.7 Å². The second-order valence-corrected chi connectivity index (χ2v) is 15.1. The third-order valence-electron chi connectivity index (χ3n) is 8.79. The van der Waals surface area contributed by atoms with Gasteiger partial charge in [0.1, 0.15) is 17.2 Å². The van der Waals surface area contributed by atoms with E-state index in [9.17, 15) is 12.8 Å². The molecule has 3 aliphatic carbocycles. The lowest BCUT2D eigenvalue weighted by Gasteiger charge is -2.29. The highest BCUT2D eigenvalue weighted by Crippen LogP contribution is 2.43. The summed E-state index contributed by atoms with van der Waals surface area (Å²) in [4.78, 5) is 7.08. The van der Waals surface area contributed by atoms with Crippen molar-refractivity contribution in [3.8, 4) is 11.5 Å². The van der Waals surface area contributed by atoms with Gasteiger partial charge in [-0.3, -0.25) is 4.98 Å². The minimum absolute atomic E-state index is 0.164. The first kappa shape index (κ1) is 31.0. The van der Waals surface area contributed by atoms with Crippen molar-refractivity contribution in [2.45, 2.75) is 81.4 Å². The number of aromatic nitrogens is 1. The zero-order valence-corrected chi connectivity index (χ0v) is 27.4. The first-order valence-corrected chi connectivity index (χ1v) is 17.2. The summed E-state index contributed by atoms with van der Waals surface area (Å²) in [6, 6.07) is 9.33. The Balaban J connectivity index is 1.32. The molecule has 1 heterocycles. The summed E-state index contributed by atoms with van der Waals surface area (Å²) in [6.45, 7) is 3.81. The van der Waals surface area contributed by atoms with E-state index in [0.29, 0.717) is 28.9 Å². The maximum absolute atomic E-state index is 14.4. The molecule has 0 spiro atoms. The van der Waals surface area contributed by atoms with Gasteiger partial charge in [0.15, 0.2) is 5.11 Å². The number of thiocarbonyl (C=S) groups is 1. The SMILES string of the molecule is COc1ccc(CN(CC2CC2)C(=S)N[C@H]2CCc3c2cc(S(=O)(=O)NCC(C)(C)F)c2cc(C4CC4)ncc32)c(OC)c1. The number of fused-ring (bicyclic) bond motifs is 3. The van der Waals surface area contributed by atoms with Crippen LogP contribution in [-0.4, -0.2) is 56.4 Å². The summed E-state index contributed by atoms with van der Waals surface area (Å²) >= 11 is 6.02. The summed E-state index contributed by atoms with van der Waals surface area (Å²) < 4.78 is 55.3. The van der Waals surface area contributed by atoms with Crippen LogP contribution in [0.2, 0.25) is 0 Å². The second-order valence-electron chi connectivity index (χ2n) is 13.0. The smallest absolute Gasteiger partial charge is 0.241 e. The number of nitrogens with zero attached hydrogens (tertiary/aromatic N) is 2. The molecule has 2 aromatic carbocycles. The maximum Gasteiger partial charge on any atom is 0.241 e. The fourth-order valence-corrected chi connectivity index (χ4v) is 7.70. The van der Waals surface area contributed by atoms with Crippen LogP contribution in [0.25, 0.3) is 10.8 Å². The molecule has 3 aliphatic rings. The standard InChI is InChI=1S/C33H41FN4O4S2/c1-33(2,34)19-36-44(39,40)31-15-25-24(27-16-35-29(14-26(27)31)21-7-8-21)11-12-28(25)37-32(43)38(17-20-5-6-20)18-22-9-10-23(41-3)13-30(22)42-4/h9-10,13-16,20-21,28,36H,5-8,11-12,17-19H2,1-4H3,(H,37,43)/t28-/m0/s1. The van der Waals surface area contributed by atoms with Crippen molar-refractivity contribution < 1.29 is 22.3 Å². The Morgan fingerprint density at radius 2 is 1.86 bits per heavy atom. The van der Waals surface area contributed by atoms with Crippen LogP contribution in [-0.2, 0) is 23.0 Å². The summed E-state index contributed by atoms with van der Waals surface area (Å²) in [5.74, 6) is 2.43. The van der Waals surface area contributed by atoms with Crippen LogP contribution in [0.4, 0.5) is 4.39 Å². The average Bonchev–Trinajstić information content (AvgIpc) is 3.94. The summed E-state index contributed by atoms with van der Waals surface area (Å²) in [5, 5.41) is 5.69. The zero-order chi connectivity index (χ0) is 31.2. The van der Waals surface area contributed by atoms with E-state index in [0.717, 1.165) is 71.5 Å². The zero-order valence-electron chi connectivity index (χ0n) is 25.8. The molecule has 6 rings (SSSR count). The van der Waals surface area contributed by atoms with Crippen LogP contribution in [0.3, 0.4) is 0 Å². The molecule has 0 bridgehead atoms. The third kappa shape index (κ3) is 6.79. The number of nitrogens with one attached hydrogen (secondary N) is 2. The van der Waals surface area contributed by atoms with Crippen molar-refractivity contribution in [3.63, 3.8) is 0 Å². The lowest BCUT2D eigenvalue weighted by Crippen LogP contribution is -2.41. The van der Waals surface area contributed by atoms with Gasteiger partial charge in [-0.25, -0.2) is 17.5 Å². The number of rotatable bonds is 12. The topological polar surface area (TPSA) is 92.8 Å². The molecule has 8 nitrogen and oxygen atoms in total. The van der Waals surface area contributed by atoms with Crippen molar-refractivity contribution in [3.05, 3.63) is 58.9 Å². The van der Waals surface area contributed by atoms with Crippen LogP contribution in [0.5, 0.6) is 11.5 Å². The van der Waals surface area contributed by atoms with Gasteiger partial charge >= 0.3 is 0 Å². The number of ether oxygens (including phenoxy) is 2. The van der Waals surface area contributed by atoms with E-state index in [1.54, 1.807) is 20.3 Å². The summed E-state index contributed by atoms with van der Waals surface area (Å²) in [7, 11) is -0.725. The van der Waals surface area contributed by atoms with Gasteiger partial charge in [0.05, 0.1) is 25.2 Å². The van der Waals surface area contributed by atoms with Gasteiger partial charge in [-0.1, -0.05) is 0 Å². The number of benzene rings is 2. The highest BCUT2D eigenvalue weighted by Gasteiger charge is 2.34. The van der Waals surface area contributed by atoms with Gasteiger partial charge in [-0.05, 0) is 106 Å². The molecular weight excluding hydrogens is 600 g/mol. The lowest BCUT2D eigenvalue weighted by atomic mass is 10.0. The molecule has 11 heteroatoms. The summed E-state index contributed by atoms with van der Waals surface area (Å²) in [5.41, 5.74) is 2.22. The molecule has 0 saturated heterocycles. The second kappa shape index (κ2) is 12.1. The molecule has 0 unspecified atom stereocenters. The van der Waals surface area contributed by atoms with Crippen molar-refractivity contribution >= 4 is 38.1 Å². The first-order chi connectivity index (χ1) is 21.0. The Morgan fingerprint density at radius 1 is 1.09 bits per heavy atom. The predicted molar refractivity (Wildman–Crippen MR) is 174 cm³/mol. The number of halogens is 1. The van der Waals surface area contributed by atoms with E-state index in [2.05, 4.69) is 14.9 Å². The van der Waals surface area contributed by atoms with Crippen molar-refractivity contribution in [1.82, 2.24) is 19.9 Å². The molecule has 236 valence electrons. The Labute approximate surface area is 264 Å². The highest BCUT2D eigenvalue weighted by molar-refractivity contribution is 7.89. The number of methoxy groups -OCH3 is 2. The van der Waals surface area contributed by atoms with Crippen LogP contribution in [0.1, 0.15) is 80.3 Å². The van der Waals surface area contributed by atoms with E-state index in [-0.39, 0.29) is 17.5 Å². The van der Waals surface area contributed by atoms with Crippen molar-refractivity contribution in [2.24, 2.45) is 5.92 Å². The predicted octanol–water partition coefficient (Wildman–Crippen LogP) is 5.93. The Morgan fingerprint density at radius 3 is 2.52 bits per heavy atom. The van der Waals surface area contributed by atoms with Crippen LogP contribution in [0.15, 0.2) is 41.4 Å². The molecule has 3 aromatic rings. The molecule has 44 heavy (non-hydrogen) atoms. The molecule has 2 fully saturated rings. The van der Waals surface area contributed by atoms with Crippen molar-refractivity contribution in [2.75, 3.05) is 27.3 Å². The van der Waals surface area contributed by atoms with Gasteiger partial charge in [-0.15, -0.1) is 0 Å². The van der Waals surface area contributed by atoms with E-state index < -0.39 is 15.7 Å². The molecule has 0 amide bonds. The largest absolute Gasteiger partial charge is 0.497 e. The maximum atomic E-state index is 14.4. The number of aryl methyl sites for hydroxylation is 1. The summed E-state index contributed by atoms with van der Waals surface area (Å²) in [6.07, 6.45) is 7.85. The Kier molecular flexibility index (Phi) is 8.49. The molecule has 2 N–H and O–H groups in total. The number of alkyl halides is 1. The lowest BCUT2D eigenvalue weighted by molar-refractivity contribution is 0.221. The van der Waals surface area contributed by atoms with Gasteiger partial charge in [0.25, 0.3) is 0 Å². The first-order valence-electron chi connectivity index (χ1n) is 15.4. The fraction of sp³-hybridized carbons (Fsp3) is 0.515. The molecule has 1 aromatic heterocycles. The van der Waals surface area contributed by atoms with Gasteiger partial charge < -0.3 is 19.7 Å².